The largest absolute Gasteiger partial charge is 0.508 e. The fourth-order valence-electron chi connectivity index (χ4n) is 2.21. The van der Waals surface area contributed by atoms with Gasteiger partial charge in [-0.2, -0.15) is 0 Å². The van der Waals surface area contributed by atoms with Crippen molar-refractivity contribution >= 4 is 0 Å². The first-order valence-electron chi connectivity index (χ1n) is 6.04. The molecule has 0 unspecified atom stereocenters. The van der Waals surface area contributed by atoms with Gasteiger partial charge in [-0.3, -0.25) is 0 Å². The molecule has 0 atom stereocenters. The molecule has 1 heterocycles. The van der Waals surface area contributed by atoms with Gasteiger partial charge in [0.25, 0.3) is 0 Å². The lowest BCUT2D eigenvalue weighted by molar-refractivity contribution is 0.234. The first kappa shape index (κ1) is 12.3. The summed E-state index contributed by atoms with van der Waals surface area (Å²) in [5.74, 6) is -0.393. The zero-order valence-electron chi connectivity index (χ0n) is 10.1. The third-order valence-corrected chi connectivity index (χ3v) is 3.26. The summed E-state index contributed by atoms with van der Waals surface area (Å²) in [6.07, 6.45) is 2.25. The smallest absolute Gasteiger partial charge is 0.127 e. The van der Waals surface area contributed by atoms with E-state index in [4.69, 9.17) is 0 Å². The Morgan fingerprint density at radius 3 is 2.71 bits per heavy atom. The SMILES string of the molecule is CN1CCC(NCc2cc(O)cc(F)c2)CC1. The molecule has 3 nitrogen and oxygen atoms in total. The van der Waals surface area contributed by atoms with E-state index in [2.05, 4.69) is 17.3 Å². The van der Waals surface area contributed by atoms with Crippen molar-refractivity contribution in [3.05, 3.63) is 29.6 Å². The number of phenols is 1. The molecule has 0 amide bonds. The van der Waals surface area contributed by atoms with Crippen molar-refractivity contribution in [3.63, 3.8) is 0 Å². The van der Waals surface area contributed by atoms with E-state index in [0.29, 0.717) is 12.6 Å². The first-order valence-corrected chi connectivity index (χ1v) is 6.04. The van der Waals surface area contributed by atoms with E-state index < -0.39 is 0 Å². The first-order chi connectivity index (χ1) is 8.13. The summed E-state index contributed by atoms with van der Waals surface area (Å²) in [7, 11) is 2.13. The molecule has 1 aliphatic rings. The van der Waals surface area contributed by atoms with Crippen LogP contribution in [0.15, 0.2) is 18.2 Å². The molecule has 0 spiro atoms. The Hall–Kier alpha value is -1.13. The van der Waals surface area contributed by atoms with Gasteiger partial charge in [0.1, 0.15) is 11.6 Å². The average molecular weight is 238 g/mol. The van der Waals surface area contributed by atoms with Gasteiger partial charge in [0, 0.05) is 18.7 Å². The average Bonchev–Trinajstić information content (AvgIpc) is 2.27. The van der Waals surface area contributed by atoms with Gasteiger partial charge in [-0.05, 0) is 50.7 Å². The highest BCUT2D eigenvalue weighted by molar-refractivity contribution is 5.28. The monoisotopic (exact) mass is 238 g/mol. The van der Waals surface area contributed by atoms with Gasteiger partial charge in [0.2, 0.25) is 0 Å². The van der Waals surface area contributed by atoms with E-state index in [9.17, 15) is 9.50 Å². The van der Waals surface area contributed by atoms with Gasteiger partial charge in [-0.15, -0.1) is 0 Å². The minimum Gasteiger partial charge on any atom is -0.508 e. The van der Waals surface area contributed by atoms with Crippen LogP contribution in [0.5, 0.6) is 5.75 Å². The molecule has 2 N–H and O–H groups in total. The van der Waals surface area contributed by atoms with E-state index in [1.807, 2.05) is 0 Å². The van der Waals surface area contributed by atoms with Gasteiger partial charge in [0.05, 0.1) is 0 Å². The lowest BCUT2D eigenvalue weighted by Crippen LogP contribution is -2.40. The van der Waals surface area contributed by atoms with Crippen molar-refractivity contribution in [1.29, 1.82) is 0 Å². The molecule has 94 valence electrons. The predicted molar refractivity (Wildman–Crippen MR) is 65.4 cm³/mol. The maximum atomic E-state index is 13.1. The van der Waals surface area contributed by atoms with Crippen LogP contribution in [-0.2, 0) is 6.54 Å². The Morgan fingerprint density at radius 2 is 2.06 bits per heavy atom. The number of nitrogens with one attached hydrogen (secondary N) is 1. The van der Waals surface area contributed by atoms with Crippen LogP contribution in [-0.4, -0.2) is 36.2 Å². The standard InChI is InChI=1S/C13H19FN2O/c1-16-4-2-12(3-5-16)15-9-10-6-11(14)8-13(17)7-10/h6-8,12,15,17H,2-5,9H2,1H3. The quantitative estimate of drug-likeness (QED) is 0.841. The van der Waals surface area contributed by atoms with Crippen molar-refractivity contribution in [2.24, 2.45) is 0 Å². The second-order valence-corrected chi connectivity index (χ2v) is 4.78. The Morgan fingerprint density at radius 1 is 1.35 bits per heavy atom. The second-order valence-electron chi connectivity index (χ2n) is 4.78. The van der Waals surface area contributed by atoms with E-state index in [-0.39, 0.29) is 11.6 Å². The molecule has 4 heteroatoms. The Labute approximate surface area is 101 Å². The number of aromatic hydroxyl groups is 1. The van der Waals surface area contributed by atoms with Crippen LogP contribution in [0.2, 0.25) is 0 Å². The maximum absolute atomic E-state index is 13.1. The van der Waals surface area contributed by atoms with Crippen LogP contribution in [0.3, 0.4) is 0 Å². The second kappa shape index (κ2) is 5.47. The molecule has 0 aromatic heterocycles. The summed E-state index contributed by atoms with van der Waals surface area (Å²) >= 11 is 0. The topological polar surface area (TPSA) is 35.5 Å². The van der Waals surface area contributed by atoms with Crippen molar-refractivity contribution in [3.8, 4) is 5.75 Å². The molecule has 0 radical (unpaired) electrons. The molecular weight excluding hydrogens is 219 g/mol. The number of hydrogen-bond donors (Lipinski definition) is 2. The zero-order chi connectivity index (χ0) is 12.3. The number of halogens is 1. The summed E-state index contributed by atoms with van der Waals surface area (Å²) < 4.78 is 13.1. The highest BCUT2D eigenvalue weighted by Gasteiger charge is 2.15. The Kier molecular flexibility index (Phi) is 3.97. The van der Waals surface area contributed by atoms with E-state index in [1.54, 1.807) is 6.07 Å². The third-order valence-electron chi connectivity index (χ3n) is 3.26. The Balaban J connectivity index is 1.85. The summed E-state index contributed by atoms with van der Waals surface area (Å²) in [6, 6.07) is 4.68. The highest BCUT2D eigenvalue weighted by Crippen LogP contribution is 2.15. The van der Waals surface area contributed by atoms with Gasteiger partial charge in [-0.25, -0.2) is 4.39 Å². The normalized spacial score (nSPS) is 18.5. The minimum atomic E-state index is -0.384. The molecule has 1 fully saturated rings. The van der Waals surface area contributed by atoms with E-state index in [1.165, 1.54) is 6.07 Å². The van der Waals surface area contributed by atoms with Crippen LogP contribution in [0.4, 0.5) is 4.39 Å². The van der Waals surface area contributed by atoms with Crippen molar-refractivity contribution in [2.45, 2.75) is 25.4 Å². The Bertz CT molecular complexity index is 355. The summed E-state index contributed by atoms with van der Waals surface area (Å²) in [4.78, 5) is 2.31. The number of piperidine rings is 1. The molecule has 1 saturated heterocycles. The summed E-state index contributed by atoms with van der Waals surface area (Å²) in [5.41, 5.74) is 0.793. The van der Waals surface area contributed by atoms with Gasteiger partial charge < -0.3 is 15.3 Å². The van der Waals surface area contributed by atoms with Crippen LogP contribution >= 0.6 is 0 Å². The summed E-state index contributed by atoms with van der Waals surface area (Å²) in [6.45, 7) is 2.82. The third kappa shape index (κ3) is 3.68. The number of nitrogens with zero attached hydrogens (tertiary/aromatic N) is 1. The van der Waals surface area contributed by atoms with Gasteiger partial charge in [-0.1, -0.05) is 0 Å². The minimum absolute atomic E-state index is 0.00909. The number of phenolic OH excluding ortho intramolecular Hbond substituents is 1. The number of benzene rings is 1. The predicted octanol–water partition coefficient (Wildman–Crippen LogP) is 1.72. The fourth-order valence-corrected chi connectivity index (χ4v) is 2.21. The van der Waals surface area contributed by atoms with Crippen LogP contribution < -0.4 is 5.32 Å². The molecule has 17 heavy (non-hydrogen) atoms. The molecule has 1 aliphatic heterocycles. The highest BCUT2D eigenvalue weighted by atomic mass is 19.1. The molecule has 1 aromatic carbocycles. The molecule has 2 rings (SSSR count). The van der Waals surface area contributed by atoms with Gasteiger partial charge in [0.15, 0.2) is 0 Å². The van der Waals surface area contributed by atoms with E-state index >= 15 is 0 Å². The molecule has 0 aliphatic carbocycles. The maximum Gasteiger partial charge on any atom is 0.127 e. The lowest BCUT2D eigenvalue weighted by atomic mass is 10.1. The number of hydrogen-bond acceptors (Lipinski definition) is 3. The molecule has 1 aromatic rings. The molecule has 0 bridgehead atoms. The van der Waals surface area contributed by atoms with Crippen LogP contribution in [0.1, 0.15) is 18.4 Å². The van der Waals surface area contributed by atoms with Crippen LogP contribution in [0, 0.1) is 5.82 Å². The summed E-state index contributed by atoms with van der Waals surface area (Å²) in [5, 5.41) is 12.7. The molecule has 0 saturated carbocycles. The fraction of sp³-hybridized carbons (Fsp3) is 0.538. The zero-order valence-corrected chi connectivity index (χ0v) is 10.1. The number of rotatable bonds is 3. The van der Waals surface area contributed by atoms with Crippen molar-refractivity contribution in [2.75, 3.05) is 20.1 Å². The molecular formula is C13H19FN2O. The lowest BCUT2D eigenvalue weighted by Gasteiger charge is -2.29. The van der Waals surface area contributed by atoms with E-state index in [0.717, 1.165) is 37.6 Å². The number of likely N-dealkylation sites (tertiary alicyclic amines) is 1. The van der Waals surface area contributed by atoms with Crippen molar-refractivity contribution < 1.29 is 9.50 Å². The van der Waals surface area contributed by atoms with Gasteiger partial charge >= 0.3 is 0 Å². The van der Waals surface area contributed by atoms with Crippen LogP contribution in [0.25, 0.3) is 0 Å². The van der Waals surface area contributed by atoms with Crippen molar-refractivity contribution in [1.82, 2.24) is 10.2 Å².